The van der Waals surface area contributed by atoms with Gasteiger partial charge in [-0.15, -0.1) is 22.7 Å². The number of thiazole rings is 1. The highest BCUT2D eigenvalue weighted by Crippen LogP contribution is 2.33. The van der Waals surface area contributed by atoms with Crippen LogP contribution in [0.25, 0.3) is 11.3 Å². The summed E-state index contributed by atoms with van der Waals surface area (Å²) in [6, 6.07) is 16.2. The average Bonchev–Trinajstić information content (AvgIpc) is 3.35. The van der Waals surface area contributed by atoms with Crippen LogP contribution in [0.4, 0.5) is 10.1 Å². The Morgan fingerprint density at radius 3 is 2.39 bits per heavy atom. The Balaban J connectivity index is 1.48. The number of methoxy groups -OCH3 is 1. The van der Waals surface area contributed by atoms with E-state index in [4.69, 9.17) is 16.3 Å². The molecule has 9 heteroatoms. The van der Waals surface area contributed by atoms with Gasteiger partial charge in [0.25, 0.3) is 11.8 Å². The second-order valence-electron chi connectivity index (χ2n) is 7.16. The molecular weight excluding hydrogens is 478 g/mol. The summed E-state index contributed by atoms with van der Waals surface area (Å²) in [4.78, 5) is 31.5. The zero-order valence-electron chi connectivity index (χ0n) is 18.1. The van der Waals surface area contributed by atoms with Gasteiger partial charge in [-0.2, -0.15) is 0 Å². The lowest BCUT2D eigenvalue weighted by molar-refractivity contribution is 0.102. The number of carbonyl (C=O) groups is 2. The van der Waals surface area contributed by atoms with Gasteiger partial charge in [-0.25, -0.2) is 4.98 Å². The van der Waals surface area contributed by atoms with Crippen molar-refractivity contribution >= 4 is 56.2 Å². The molecule has 0 saturated carbocycles. The predicted molar refractivity (Wildman–Crippen MR) is 135 cm³/mol. The molecule has 2 aromatic heterocycles. The lowest BCUT2D eigenvalue weighted by Crippen LogP contribution is -2.11. The summed E-state index contributed by atoms with van der Waals surface area (Å²) in [5, 5.41) is 7.14. The number of carbonyl (C=O) groups excluding carboxylic acids is 2. The monoisotopic (exact) mass is 497 g/mol. The second-order valence-corrected chi connectivity index (χ2v) is 9.83. The molecule has 0 spiro atoms. The van der Waals surface area contributed by atoms with E-state index in [1.165, 1.54) is 22.7 Å². The number of anilines is 2. The molecule has 2 heterocycles. The molecular formula is C24H20ClN3O3S2. The van der Waals surface area contributed by atoms with Gasteiger partial charge in [-0.1, -0.05) is 23.7 Å². The fourth-order valence-electron chi connectivity index (χ4n) is 3.21. The minimum absolute atomic E-state index is 0.272. The van der Waals surface area contributed by atoms with Crippen molar-refractivity contribution in [2.45, 2.75) is 13.8 Å². The van der Waals surface area contributed by atoms with E-state index in [9.17, 15) is 9.59 Å². The fourth-order valence-corrected chi connectivity index (χ4v) is 5.23. The van der Waals surface area contributed by atoms with Crippen molar-refractivity contribution in [1.82, 2.24) is 4.98 Å². The molecule has 0 bridgehead atoms. The molecule has 2 amide bonds. The lowest BCUT2D eigenvalue weighted by Gasteiger charge is -2.04. The number of benzene rings is 2. The highest BCUT2D eigenvalue weighted by Gasteiger charge is 2.19. The van der Waals surface area contributed by atoms with Gasteiger partial charge in [-0.05, 0) is 61.9 Å². The Kier molecular flexibility index (Phi) is 6.78. The van der Waals surface area contributed by atoms with E-state index >= 15 is 0 Å². The molecule has 0 fully saturated rings. The third-order valence-electron chi connectivity index (χ3n) is 4.86. The average molecular weight is 498 g/mol. The molecule has 4 aromatic rings. The van der Waals surface area contributed by atoms with E-state index in [1.54, 1.807) is 37.4 Å². The number of ether oxygens (including phenoxy) is 1. The Labute approximate surface area is 204 Å². The molecule has 0 aliphatic heterocycles. The van der Waals surface area contributed by atoms with Crippen LogP contribution in [0.15, 0.2) is 54.6 Å². The van der Waals surface area contributed by atoms with Gasteiger partial charge in [-0.3, -0.25) is 14.9 Å². The lowest BCUT2D eigenvalue weighted by atomic mass is 10.1. The molecule has 0 aliphatic carbocycles. The summed E-state index contributed by atoms with van der Waals surface area (Å²) in [5.41, 5.74) is 2.90. The Morgan fingerprint density at radius 2 is 1.70 bits per heavy atom. The first-order valence-corrected chi connectivity index (χ1v) is 12.0. The maximum Gasteiger partial charge on any atom is 0.267 e. The summed E-state index contributed by atoms with van der Waals surface area (Å²) in [7, 11) is 1.62. The maximum absolute atomic E-state index is 12.9. The summed E-state index contributed by atoms with van der Waals surface area (Å²) >= 11 is 8.72. The fraction of sp³-hybridized carbons (Fsp3) is 0.125. The molecule has 0 unspecified atom stereocenters. The van der Waals surface area contributed by atoms with Crippen LogP contribution < -0.4 is 15.4 Å². The summed E-state index contributed by atoms with van der Waals surface area (Å²) in [6.45, 7) is 3.79. The highest BCUT2D eigenvalue weighted by atomic mass is 35.5. The number of rotatable bonds is 6. The summed E-state index contributed by atoms with van der Waals surface area (Å²) in [5.74, 6) is 0.171. The van der Waals surface area contributed by atoms with Crippen molar-refractivity contribution in [1.29, 1.82) is 0 Å². The SMILES string of the molecule is COc1ccc(-c2nc(NC(=O)c3sc(NC(=O)c4ccccc4Cl)cc3C)sc2C)cc1. The minimum Gasteiger partial charge on any atom is -0.497 e. The molecule has 0 radical (unpaired) electrons. The quantitative estimate of drug-likeness (QED) is 0.312. The van der Waals surface area contributed by atoms with Gasteiger partial charge in [0.15, 0.2) is 5.13 Å². The number of amides is 2. The van der Waals surface area contributed by atoms with Crippen LogP contribution in [0.3, 0.4) is 0 Å². The first-order valence-electron chi connectivity index (χ1n) is 9.95. The molecule has 2 N–H and O–H groups in total. The predicted octanol–water partition coefficient (Wildman–Crippen LogP) is 6.66. The normalized spacial score (nSPS) is 10.7. The smallest absolute Gasteiger partial charge is 0.267 e. The third-order valence-corrected chi connectivity index (χ3v) is 7.23. The van der Waals surface area contributed by atoms with Crippen LogP contribution in [0.2, 0.25) is 5.02 Å². The van der Waals surface area contributed by atoms with Crippen LogP contribution >= 0.6 is 34.3 Å². The number of aromatic nitrogens is 1. The first kappa shape index (κ1) is 23.0. The number of aryl methyl sites for hydroxylation is 2. The van der Waals surface area contributed by atoms with Gasteiger partial charge in [0.1, 0.15) is 5.75 Å². The molecule has 33 heavy (non-hydrogen) atoms. The van der Waals surface area contributed by atoms with E-state index < -0.39 is 0 Å². The van der Waals surface area contributed by atoms with Crippen molar-refractivity contribution in [2.75, 3.05) is 17.7 Å². The van der Waals surface area contributed by atoms with E-state index in [0.717, 1.165) is 27.4 Å². The van der Waals surface area contributed by atoms with Crippen LogP contribution in [-0.2, 0) is 0 Å². The number of nitrogens with zero attached hydrogens (tertiary/aromatic N) is 1. The van der Waals surface area contributed by atoms with Crippen LogP contribution in [0, 0.1) is 13.8 Å². The third kappa shape index (κ3) is 5.08. The van der Waals surface area contributed by atoms with Crippen molar-refractivity contribution in [3.63, 3.8) is 0 Å². The van der Waals surface area contributed by atoms with E-state index in [0.29, 0.717) is 25.6 Å². The van der Waals surface area contributed by atoms with Gasteiger partial charge >= 0.3 is 0 Å². The number of hydrogen-bond donors (Lipinski definition) is 2. The number of nitrogens with one attached hydrogen (secondary N) is 2. The number of thiophene rings is 1. The van der Waals surface area contributed by atoms with Crippen molar-refractivity contribution in [2.24, 2.45) is 0 Å². The van der Waals surface area contributed by atoms with Crippen molar-refractivity contribution in [3.8, 4) is 17.0 Å². The van der Waals surface area contributed by atoms with Gasteiger partial charge in [0.05, 0.1) is 33.3 Å². The van der Waals surface area contributed by atoms with Crippen molar-refractivity contribution in [3.05, 3.63) is 80.5 Å². The van der Waals surface area contributed by atoms with Crippen molar-refractivity contribution < 1.29 is 14.3 Å². The Bertz CT molecular complexity index is 1330. The zero-order chi connectivity index (χ0) is 23.5. The van der Waals surface area contributed by atoms with E-state index in [1.807, 2.05) is 38.1 Å². The molecule has 0 atom stereocenters. The topological polar surface area (TPSA) is 80.3 Å². The molecule has 0 saturated heterocycles. The van der Waals surface area contributed by atoms with Crippen LogP contribution in [0.5, 0.6) is 5.75 Å². The molecule has 4 rings (SSSR count). The molecule has 168 valence electrons. The van der Waals surface area contributed by atoms with E-state index in [2.05, 4.69) is 15.6 Å². The minimum atomic E-state index is -0.325. The van der Waals surface area contributed by atoms with Gasteiger partial charge in [0.2, 0.25) is 0 Å². The van der Waals surface area contributed by atoms with E-state index in [-0.39, 0.29) is 11.8 Å². The summed E-state index contributed by atoms with van der Waals surface area (Å²) < 4.78 is 5.20. The van der Waals surface area contributed by atoms with Crippen LogP contribution in [-0.4, -0.2) is 23.9 Å². The van der Waals surface area contributed by atoms with Gasteiger partial charge in [0, 0.05) is 10.4 Å². The highest BCUT2D eigenvalue weighted by molar-refractivity contribution is 7.19. The van der Waals surface area contributed by atoms with Gasteiger partial charge < -0.3 is 10.1 Å². The summed E-state index contributed by atoms with van der Waals surface area (Å²) in [6.07, 6.45) is 0. The standard InChI is InChI=1S/C24H20ClN3O3S2/c1-13-12-19(26-22(29)17-6-4-5-7-18(17)25)33-21(13)23(30)28-24-27-20(14(2)32-24)15-8-10-16(31-3)11-9-15/h4-12H,1-3H3,(H,26,29)(H,27,28,30). The molecule has 0 aliphatic rings. The Morgan fingerprint density at radius 1 is 0.970 bits per heavy atom. The van der Waals surface area contributed by atoms with Crippen LogP contribution in [0.1, 0.15) is 30.5 Å². The molecule has 6 nitrogen and oxygen atoms in total. The first-order chi connectivity index (χ1) is 15.9. The molecule has 2 aromatic carbocycles. The number of halogens is 1. The maximum atomic E-state index is 12.9. The largest absolute Gasteiger partial charge is 0.497 e. The second kappa shape index (κ2) is 9.74. The Hall–Kier alpha value is -3.20. The zero-order valence-corrected chi connectivity index (χ0v) is 20.5. The number of hydrogen-bond acceptors (Lipinski definition) is 6.